The quantitative estimate of drug-likeness (QED) is 0.238. The summed E-state index contributed by atoms with van der Waals surface area (Å²) in [7, 11) is 0. The standard InChI is InChI=1S/C24H27N3O7S/c25-17(24(33)34)11-12-19(28)27-18(23(32)26-13-20(29)30)14-35-22(16-9-5-2-6-10-16)21(31)15-7-3-1-4-8-15/h1-10,17-18,22H,11-14,25H2,(H,26,32)(H,27,28)(H,29,30)(H,33,34)/t17-,18-,22?/m0/s1. The highest BCUT2D eigenvalue weighted by atomic mass is 32.2. The van der Waals surface area contributed by atoms with E-state index < -0.39 is 47.6 Å². The minimum absolute atomic E-state index is 0.0414. The second-order valence-corrected chi connectivity index (χ2v) is 8.71. The van der Waals surface area contributed by atoms with Gasteiger partial charge in [-0.15, -0.1) is 11.8 Å². The summed E-state index contributed by atoms with van der Waals surface area (Å²) in [6.07, 6.45) is -0.386. The first-order valence-corrected chi connectivity index (χ1v) is 11.8. The van der Waals surface area contributed by atoms with Gasteiger partial charge in [-0.2, -0.15) is 0 Å². The fraction of sp³-hybridized carbons (Fsp3) is 0.292. The molecule has 0 saturated carbocycles. The van der Waals surface area contributed by atoms with E-state index in [0.717, 1.165) is 11.8 Å². The van der Waals surface area contributed by atoms with Gasteiger partial charge in [-0.05, 0) is 12.0 Å². The van der Waals surface area contributed by atoms with E-state index in [1.165, 1.54) is 0 Å². The maximum atomic E-state index is 13.3. The van der Waals surface area contributed by atoms with Crippen molar-refractivity contribution in [2.24, 2.45) is 5.73 Å². The molecule has 0 aliphatic rings. The van der Waals surface area contributed by atoms with Gasteiger partial charge in [0, 0.05) is 17.7 Å². The van der Waals surface area contributed by atoms with Crippen LogP contribution < -0.4 is 16.4 Å². The number of ketones is 1. The molecule has 0 aromatic heterocycles. The van der Waals surface area contributed by atoms with Crippen LogP contribution in [0.2, 0.25) is 0 Å². The molecule has 186 valence electrons. The Bertz CT molecular complexity index is 1030. The van der Waals surface area contributed by atoms with Crippen molar-refractivity contribution in [3.63, 3.8) is 0 Å². The molecule has 10 nitrogen and oxygen atoms in total. The minimum atomic E-state index is -1.26. The molecular formula is C24H27N3O7S. The van der Waals surface area contributed by atoms with Gasteiger partial charge in [-0.25, -0.2) is 0 Å². The smallest absolute Gasteiger partial charge is 0.322 e. The van der Waals surface area contributed by atoms with E-state index in [0.29, 0.717) is 11.1 Å². The van der Waals surface area contributed by atoms with Crippen LogP contribution in [0.5, 0.6) is 0 Å². The molecule has 0 aliphatic carbocycles. The first-order valence-electron chi connectivity index (χ1n) is 10.7. The molecule has 0 aliphatic heterocycles. The van der Waals surface area contributed by atoms with Crippen molar-refractivity contribution in [1.82, 2.24) is 10.6 Å². The van der Waals surface area contributed by atoms with Crippen molar-refractivity contribution in [3.05, 3.63) is 71.8 Å². The van der Waals surface area contributed by atoms with Gasteiger partial charge in [-0.1, -0.05) is 60.7 Å². The lowest BCUT2D eigenvalue weighted by Gasteiger charge is -2.22. The van der Waals surface area contributed by atoms with Crippen molar-refractivity contribution in [3.8, 4) is 0 Å². The molecule has 2 aromatic rings. The van der Waals surface area contributed by atoms with E-state index in [1.54, 1.807) is 54.6 Å². The Morgan fingerprint density at radius 3 is 2.09 bits per heavy atom. The van der Waals surface area contributed by atoms with E-state index in [9.17, 15) is 24.0 Å². The highest BCUT2D eigenvalue weighted by molar-refractivity contribution is 8.00. The number of rotatable bonds is 14. The predicted octanol–water partition coefficient (Wildman–Crippen LogP) is 1.22. The number of amides is 2. The number of hydrogen-bond donors (Lipinski definition) is 5. The monoisotopic (exact) mass is 501 g/mol. The summed E-state index contributed by atoms with van der Waals surface area (Å²) >= 11 is 1.13. The number of nitrogens with one attached hydrogen (secondary N) is 2. The summed E-state index contributed by atoms with van der Waals surface area (Å²) in [6, 6.07) is 15.2. The van der Waals surface area contributed by atoms with Crippen LogP contribution in [0.4, 0.5) is 0 Å². The molecule has 0 spiro atoms. The van der Waals surface area contributed by atoms with Crippen LogP contribution in [0.15, 0.2) is 60.7 Å². The van der Waals surface area contributed by atoms with Gasteiger partial charge in [0.15, 0.2) is 5.78 Å². The Hall–Kier alpha value is -3.70. The molecule has 11 heteroatoms. The molecule has 2 rings (SSSR count). The number of carboxylic acids is 2. The van der Waals surface area contributed by atoms with Crippen LogP contribution in [0.3, 0.4) is 0 Å². The van der Waals surface area contributed by atoms with Gasteiger partial charge in [0.2, 0.25) is 11.8 Å². The average molecular weight is 502 g/mol. The normalized spacial score (nSPS) is 13.2. The Balaban J connectivity index is 2.18. The minimum Gasteiger partial charge on any atom is -0.480 e. The number of aliphatic carboxylic acids is 2. The molecular weight excluding hydrogens is 474 g/mol. The lowest BCUT2D eigenvalue weighted by molar-refractivity contribution is -0.139. The molecule has 6 N–H and O–H groups in total. The Kier molecular flexibility index (Phi) is 10.9. The zero-order chi connectivity index (χ0) is 25.8. The average Bonchev–Trinajstić information content (AvgIpc) is 2.86. The Morgan fingerprint density at radius 2 is 1.51 bits per heavy atom. The van der Waals surface area contributed by atoms with Crippen LogP contribution in [0.25, 0.3) is 0 Å². The Labute approximate surface area is 206 Å². The van der Waals surface area contributed by atoms with Crippen molar-refractivity contribution in [2.45, 2.75) is 30.2 Å². The molecule has 0 saturated heterocycles. The summed E-state index contributed by atoms with van der Waals surface area (Å²) < 4.78 is 0. The van der Waals surface area contributed by atoms with Gasteiger partial charge < -0.3 is 26.6 Å². The lowest BCUT2D eigenvalue weighted by Crippen LogP contribution is -2.49. The second kappa shape index (κ2) is 13.9. The number of carbonyl (C=O) groups excluding carboxylic acids is 3. The topological polar surface area (TPSA) is 176 Å². The number of Topliss-reactive ketones (excluding diaryl/α,β-unsaturated/α-hetero) is 1. The van der Waals surface area contributed by atoms with Gasteiger partial charge in [0.25, 0.3) is 0 Å². The van der Waals surface area contributed by atoms with Gasteiger partial charge in [0.05, 0.1) is 5.25 Å². The van der Waals surface area contributed by atoms with Crippen molar-refractivity contribution < 1.29 is 34.2 Å². The zero-order valence-corrected chi connectivity index (χ0v) is 19.6. The molecule has 1 unspecified atom stereocenters. The van der Waals surface area contributed by atoms with Gasteiger partial charge >= 0.3 is 11.9 Å². The summed E-state index contributed by atoms with van der Waals surface area (Å²) in [5.41, 5.74) is 6.60. The summed E-state index contributed by atoms with van der Waals surface area (Å²) in [4.78, 5) is 60.0. The van der Waals surface area contributed by atoms with Crippen LogP contribution >= 0.6 is 11.8 Å². The van der Waals surface area contributed by atoms with Crippen molar-refractivity contribution in [1.29, 1.82) is 0 Å². The Morgan fingerprint density at radius 1 is 0.914 bits per heavy atom. The molecule has 0 radical (unpaired) electrons. The van der Waals surface area contributed by atoms with Crippen LogP contribution in [-0.4, -0.2) is 64.1 Å². The van der Waals surface area contributed by atoms with E-state index >= 15 is 0 Å². The number of benzene rings is 2. The predicted molar refractivity (Wildman–Crippen MR) is 130 cm³/mol. The largest absolute Gasteiger partial charge is 0.480 e. The molecule has 0 bridgehead atoms. The van der Waals surface area contributed by atoms with Crippen molar-refractivity contribution in [2.75, 3.05) is 12.3 Å². The highest BCUT2D eigenvalue weighted by Crippen LogP contribution is 2.33. The summed E-state index contributed by atoms with van der Waals surface area (Å²) in [5, 5.41) is 21.8. The SMILES string of the molecule is N[C@@H](CCC(=O)N[C@@H](CSC(C(=O)c1ccccc1)c1ccccc1)C(=O)NCC(=O)O)C(=O)O. The maximum Gasteiger partial charge on any atom is 0.322 e. The number of carboxylic acid groups (broad SMARTS) is 2. The number of hydrogen-bond acceptors (Lipinski definition) is 7. The first-order chi connectivity index (χ1) is 16.7. The molecule has 0 fully saturated rings. The molecule has 3 atom stereocenters. The van der Waals surface area contributed by atoms with Crippen molar-refractivity contribution >= 4 is 41.3 Å². The summed E-state index contributed by atoms with van der Waals surface area (Å²) in [6.45, 7) is -0.648. The molecule has 2 aromatic carbocycles. The zero-order valence-electron chi connectivity index (χ0n) is 18.8. The van der Waals surface area contributed by atoms with Crippen LogP contribution in [-0.2, 0) is 19.2 Å². The van der Waals surface area contributed by atoms with E-state index in [1.807, 2.05) is 6.07 Å². The molecule has 2 amide bonds. The molecule has 0 heterocycles. The third kappa shape index (κ3) is 9.22. The first kappa shape index (κ1) is 27.5. The van der Waals surface area contributed by atoms with E-state index in [2.05, 4.69) is 10.6 Å². The maximum absolute atomic E-state index is 13.3. The summed E-state index contributed by atoms with van der Waals surface area (Å²) in [5.74, 6) is -4.11. The van der Waals surface area contributed by atoms with E-state index in [4.69, 9.17) is 15.9 Å². The van der Waals surface area contributed by atoms with E-state index in [-0.39, 0.29) is 24.4 Å². The third-order valence-electron chi connectivity index (χ3n) is 4.89. The second-order valence-electron chi connectivity index (χ2n) is 7.57. The number of thioether (sulfide) groups is 1. The fourth-order valence-electron chi connectivity index (χ4n) is 3.04. The van der Waals surface area contributed by atoms with Crippen LogP contribution in [0.1, 0.15) is 34.0 Å². The lowest BCUT2D eigenvalue weighted by atomic mass is 10.0. The van der Waals surface area contributed by atoms with Gasteiger partial charge in [-0.3, -0.25) is 24.0 Å². The van der Waals surface area contributed by atoms with Gasteiger partial charge in [0.1, 0.15) is 18.6 Å². The number of carbonyl (C=O) groups is 5. The number of nitrogens with two attached hydrogens (primary N) is 1. The van der Waals surface area contributed by atoms with Crippen LogP contribution in [0, 0.1) is 0 Å². The third-order valence-corrected chi connectivity index (χ3v) is 6.24. The molecule has 35 heavy (non-hydrogen) atoms. The highest BCUT2D eigenvalue weighted by Gasteiger charge is 2.28. The fourth-order valence-corrected chi connectivity index (χ4v) is 4.30.